The molecule has 7 nitrogen and oxygen atoms in total. The van der Waals surface area contributed by atoms with Gasteiger partial charge in [-0.15, -0.1) is 0 Å². The van der Waals surface area contributed by atoms with Crippen LogP contribution in [0, 0.1) is 5.92 Å². The van der Waals surface area contributed by atoms with Gasteiger partial charge in [-0.2, -0.15) is 0 Å². The minimum absolute atomic E-state index is 0.263. The lowest BCUT2D eigenvalue weighted by molar-refractivity contribution is 0.0888. The molecular weight excluding hydrogens is 380 g/mol. The molecule has 0 amide bonds. The summed E-state index contributed by atoms with van der Waals surface area (Å²) in [5.74, 6) is 2.35. The third kappa shape index (κ3) is 6.86. The molecule has 2 unspecified atom stereocenters. The first kappa shape index (κ1) is 22.8. The first-order chi connectivity index (χ1) is 14.8. The van der Waals surface area contributed by atoms with E-state index in [2.05, 4.69) is 32.7 Å². The largest absolute Gasteiger partial charge is 0.496 e. The molecule has 1 aromatic carbocycles. The normalized spacial score (nSPS) is 21.0. The van der Waals surface area contributed by atoms with Crippen molar-refractivity contribution in [3.63, 3.8) is 0 Å². The van der Waals surface area contributed by atoms with Crippen LogP contribution < -0.4 is 15.4 Å². The maximum atomic E-state index is 5.78. The number of aliphatic imine (C=N–C) groups is 1. The second kappa shape index (κ2) is 12.8. The van der Waals surface area contributed by atoms with Gasteiger partial charge in [0.1, 0.15) is 5.75 Å². The number of hydrogen-bond donors (Lipinski definition) is 2. The second-order valence-corrected chi connectivity index (χ2v) is 8.04. The van der Waals surface area contributed by atoms with Crippen molar-refractivity contribution in [1.29, 1.82) is 0 Å². The number of rotatable bonds is 11. The van der Waals surface area contributed by atoms with Gasteiger partial charge in [-0.3, -0.25) is 9.89 Å². The SMILES string of the molecule is CN=C(NCCCOCC1CCOC1)NCC(c1ccccc1OC)N1CCCC1. The van der Waals surface area contributed by atoms with Crippen LogP contribution in [0.15, 0.2) is 29.3 Å². The number of hydrogen-bond acceptors (Lipinski definition) is 5. The predicted octanol–water partition coefficient (Wildman–Crippen LogP) is 2.44. The first-order valence-corrected chi connectivity index (χ1v) is 11.3. The van der Waals surface area contributed by atoms with Crippen LogP contribution in [0.4, 0.5) is 0 Å². The Balaban J connectivity index is 1.43. The highest BCUT2D eigenvalue weighted by Crippen LogP contribution is 2.31. The summed E-state index contributed by atoms with van der Waals surface area (Å²) in [4.78, 5) is 6.93. The zero-order chi connectivity index (χ0) is 21.0. The molecule has 0 bridgehead atoms. The molecule has 2 aliphatic heterocycles. The molecule has 0 aliphatic carbocycles. The van der Waals surface area contributed by atoms with Crippen molar-refractivity contribution < 1.29 is 14.2 Å². The molecule has 2 aliphatic rings. The first-order valence-electron chi connectivity index (χ1n) is 11.3. The van der Waals surface area contributed by atoms with Crippen LogP contribution in [0.25, 0.3) is 0 Å². The molecule has 2 saturated heterocycles. The molecule has 30 heavy (non-hydrogen) atoms. The van der Waals surface area contributed by atoms with Crippen molar-refractivity contribution >= 4 is 5.96 Å². The molecule has 2 heterocycles. The highest BCUT2D eigenvalue weighted by molar-refractivity contribution is 5.79. The molecule has 0 spiro atoms. The number of likely N-dealkylation sites (tertiary alicyclic amines) is 1. The van der Waals surface area contributed by atoms with E-state index in [1.54, 1.807) is 7.11 Å². The standard InChI is InChI=1S/C23H38N4O3/c1-24-23(25-11-7-14-29-17-19-10-15-30-18-19)26-16-21(27-12-5-6-13-27)20-8-3-4-9-22(20)28-2/h3-4,8-9,19,21H,5-7,10-18H2,1-2H3,(H2,24,25,26). The van der Waals surface area contributed by atoms with E-state index in [1.165, 1.54) is 18.4 Å². The van der Waals surface area contributed by atoms with Crippen molar-refractivity contribution in [1.82, 2.24) is 15.5 Å². The summed E-state index contributed by atoms with van der Waals surface area (Å²) in [5, 5.41) is 6.92. The van der Waals surface area contributed by atoms with Crippen molar-refractivity contribution in [2.75, 3.05) is 66.8 Å². The van der Waals surface area contributed by atoms with Crippen LogP contribution in [0.5, 0.6) is 5.75 Å². The van der Waals surface area contributed by atoms with Crippen LogP contribution >= 0.6 is 0 Å². The summed E-state index contributed by atoms with van der Waals surface area (Å²) in [6, 6.07) is 8.60. The zero-order valence-corrected chi connectivity index (χ0v) is 18.6. The molecule has 7 heteroatoms. The fourth-order valence-electron chi connectivity index (χ4n) is 4.19. The van der Waals surface area contributed by atoms with Crippen molar-refractivity contribution in [3.8, 4) is 5.75 Å². The maximum absolute atomic E-state index is 5.78. The van der Waals surface area contributed by atoms with Crippen molar-refractivity contribution in [3.05, 3.63) is 29.8 Å². The number of guanidine groups is 1. The smallest absolute Gasteiger partial charge is 0.191 e. The monoisotopic (exact) mass is 418 g/mol. The van der Waals surface area contributed by atoms with E-state index in [9.17, 15) is 0 Å². The van der Waals surface area contributed by atoms with Crippen LogP contribution in [-0.4, -0.2) is 77.6 Å². The predicted molar refractivity (Wildman–Crippen MR) is 120 cm³/mol. The summed E-state index contributed by atoms with van der Waals surface area (Å²) >= 11 is 0. The van der Waals surface area contributed by atoms with Gasteiger partial charge in [-0.25, -0.2) is 0 Å². The van der Waals surface area contributed by atoms with E-state index in [0.717, 1.165) is 77.2 Å². The molecule has 2 fully saturated rings. The summed E-state index contributed by atoms with van der Waals surface area (Å²) < 4.78 is 16.8. The summed E-state index contributed by atoms with van der Waals surface area (Å²) in [6.07, 6.45) is 4.59. The summed E-state index contributed by atoms with van der Waals surface area (Å²) in [6.45, 7) is 7.17. The Hall–Kier alpha value is -1.83. The zero-order valence-electron chi connectivity index (χ0n) is 18.6. The fraction of sp³-hybridized carbons (Fsp3) is 0.696. The lowest BCUT2D eigenvalue weighted by Gasteiger charge is -2.30. The van der Waals surface area contributed by atoms with Gasteiger partial charge in [-0.1, -0.05) is 18.2 Å². The number of ether oxygens (including phenoxy) is 3. The van der Waals surface area contributed by atoms with E-state index >= 15 is 0 Å². The molecule has 0 saturated carbocycles. The molecule has 2 N–H and O–H groups in total. The lowest BCUT2D eigenvalue weighted by Crippen LogP contribution is -2.43. The van der Waals surface area contributed by atoms with E-state index in [-0.39, 0.29) is 6.04 Å². The summed E-state index contributed by atoms with van der Waals surface area (Å²) in [7, 11) is 3.56. The van der Waals surface area contributed by atoms with Gasteiger partial charge >= 0.3 is 0 Å². The van der Waals surface area contributed by atoms with Crippen LogP contribution in [0.2, 0.25) is 0 Å². The van der Waals surface area contributed by atoms with Crippen LogP contribution in [0.1, 0.15) is 37.3 Å². The van der Waals surface area contributed by atoms with E-state index in [0.29, 0.717) is 5.92 Å². The molecule has 1 aromatic rings. The molecule has 168 valence electrons. The Labute approximate surface area is 181 Å². The van der Waals surface area contributed by atoms with Crippen LogP contribution in [-0.2, 0) is 9.47 Å². The Morgan fingerprint density at radius 2 is 2.10 bits per heavy atom. The number of para-hydroxylation sites is 1. The van der Waals surface area contributed by atoms with Gasteiger partial charge in [0.25, 0.3) is 0 Å². The Morgan fingerprint density at radius 1 is 1.27 bits per heavy atom. The van der Waals surface area contributed by atoms with Crippen molar-refractivity contribution in [2.45, 2.75) is 31.7 Å². The Kier molecular flexibility index (Phi) is 9.73. The Morgan fingerprint density at radius 3 is 2.83 bits per heavy atom. The maximum Gasteiger partial charge on any atom is 0.191 e. The molecule has 0 aromatic heterocycles. The van der Waals surface area contributed by atoms with E-state index in [4.69, 9.17) is 14.2 Å². The average molecular weight is 419 g/mol. The molecule has 2 atom stereocenters. The van der Waals surface area contributed by atoms with Gasteiger partial charge in [0.2, 0.25) is 0 Å². The minimum atomic E-state index is 0.263. The average Bonchev–Trinajstić information content (AvgIpc) is 3.49. The number of nitrogens with zero attached hydrogens (tertiary/aromatic N) is 2. The van der Waals surface area contributed by atoms with E-state index in [1.807, 2.05) is 19.2 Å². The van der Waals surface area contributed by atoms with Gasteiger partial charge < -0.3 is 24.8 Å². The van der Waals surface area contributed by atoms with Gasteiger partial charge in [-0.05, 0) is 44.8 Å². The third-order valence-electron chi connectivity index (χ3n) is 5.90. The second-order valence-electron chi connectivity index (χ2n) is 8.04. The Bertz CT molecular complexity index is 643. The number of nitrogens with one attached hydrogen (secondary N) is 2. The highest BCUT2D eigenvalue weighted by atomic mass is 16.5. The van der Waals surface area contributed by atoms with Gasteiger partial charge in [0.05, 0.1) is 26.4 Å². The number of methoxy groups -OCH3 is 1. The van der Waals surface area contributed by atoms with Crippen LogP contribution in [0.3, 0.4) is 0 Å². The van der Waals surface area contributed by atoms with Gasteiger partial charge in [0.15, 0.2) is 5.96 Å². The lowest BCUT2D eigenvalue weighted by atomic mass is 10.0. The number of benzene rings is 1. The quantitative estimate of drug-likeness (QED) is 0.327. The molecule has 0 radical (unpaired) electrons. The summed E-state index contributed by atoms with van der Waals surface area (Å²) in [5.41, 5.74) is 1.23. The van der Waals surface area contributed by atoms with Crippen molar-refractivity contribution in [2.24, 2.45) is 10.9 Å². The van der Waals surface area contributed by atoms with E-state index < -0.39 is 0 Å². The minimum Gasteiger partial charge on any atom is -0.496 e. The third-order valence-corrected chi connectivity index (χ3v) is 5.90. The molecular formula is C23H38N4O3. The highest BCUT2D eigenvalue weighted by Gasteiger charge is 2.26. The topological polar surface area (TPSA) is 67.4 Å². The van der Waals surface area contributed by atoms with Gasteiger partial charge in [0, 0.05) is 44.8 Å². The molecule has 3 rings (SSSR count). The fourth-order valence-corrected chi connectivity index (χ4v) is 4.19.